The van der Waals surface area contributed by atoms with Gasteiger partial charge in [-0.25, -0.2) is 0 Å². The molecule has 5 nitrogen and oxygen atoms in total. The second-order valence-electron chi connectivity index (χ2n) is 6.41. The number of nitrogens with one attached hydrogen (secondary N) is 1. The number of carbonyl (C=O) groups is 2. The molecule has 0 spiro atoms. The minimum Gasteiger partial charge on any atom is -0.506 e. The summed E-state index contributed by atoms with van der Waals surface area (Å²) >= 11 is 0. The van der Waals surface area contributed by atoms with E-state index in [0.717, 1.165) is 37.8 Å². The number of aromatic hydroxyl groups is 1. The molecule has 2 amide bonds. The van der Waals surface area contributed by atoms with Crippen LogP contribution in [0.1, 0.15) is 31.2 Å². The molecule has 22 heavy (non-hydrogen) atoms. The van der Waals surface area contributed by atoms with Crippen LogP contribution >= 0.6 is 0 Å². The fourth-order valence-corrected chi connectivity index (χ4v) is 2.96. The van der Waals surface area contributed by atoms with Crippen molar-refractivity contribution in [3.8, 4) is 5.75 Å². The van der Waals surface area contributed by atoms with Crippen molar-refractivity contribution in [1.29, 1.82) is 0 Å². The number of benzene rings is 1. The van der Waals surface area contributed by atoms with Gasteiger partial charge in [0.15, 0.2) is 0 Å². The predicted octanol–water partition coefficient (Wildman–Crippen LogP) is 2.29. The Morgan fingerprint density at radius 3 is 2.68 bits per heavy atom. The summed E-state index contributed by atoms with van der Waals surface area (Å²) in [5, 5.41) is 12.7. The quantitative estimate of drug-likeness (QED) is 0.842. The summed E-state index contributed by atoms with van der Waals surface area (Å²) in [4.78, 5) is 26.4. The van der Waals surface area contributed by atoms with Crippen LogP contribution in [-0.4, -0.2) is 34.9 Å². The van der Waals surface area contributed by atoms with Gasteiger partial charge in [-0.05, 0) is 50.3 Å². The third-order valence-corrected chi connectivity index (χ3v) is 4.44. The Morgan fingerprint density at radius 1 is 1.23 bits per heavy atom. The Kier molecular flexibility index (Phi) is 4.05. The van der Waals surface area contributed by atoms with Gasteiger partial charge in [0.25, 0.3) is 0 Å². The lowest BCUT2D eigenvalue weighted by Crippen LogP contribution is -2.44. The number of hydrogen-bond acceptors (Lipinski definition) is 3. The second kappa shape index (κ2) is 5.99. The van der Waals surface area contributed by atoms with Crippen LogP contribution in [0.2, 0.25) is 0 Å². The fourth-order valence-electron chi connectivity index (χ4n) is 2.96. The molecule has 1 saturated carbocycles. The Morgan fingerprint density at radius 2 is 2.00 bits per heavy atom. The molecule has 2 N–H and O–H groups in total. The number of amides is 2. The highest BCUT2D eigenvalue weighted by atomic mass is 16.3. The smallest absolute Gasteiger partial charge is 0.229 e. The van der Waals surface area contributed by atoms with E-state index in [9.17, 15) is 14.7 Å². The average molecular weight is 302 g/mol. The van der Waals surface area contributed by atoms with Gasteiger partial charge in [0.2, 0.25) is 11.8 Å². The third-order valence-electron chi connectivity index (χ3n) is 4.44. The number of rotatable bonds is 3. The highest BCUT2D eigenvalue weighted by molar-refractivity contribution is 5.94. The van der Waals surface area contributed by atoms with E-state index in [0.29, 0.717) is 12.2 Å². The van der Waals surface area contributed by atoms with Crippen LogP contribution in [-0.2, 0) is 9.59 Å². The highest BCUT2D eigenvalue weighted by Gasteiger charge is 2.36. The lowest BCUT2D eigenvalue weighted by atomic mass is 9.96. The molecule has 1 aromatic carbocycles. The molecule has 1 heterocycles. The van der Waals surface area contributed by atoms with Gasteiger partial charge in [-0.1, -0.05) is 6.07 Å². The Labute approximate surface area is 130 Å². The summed E-state index contributed by atoms with van der Waals surface area (Å²) in [5.41, 5.74) is 1.37. The first-order valence-corrected chi connectivity index (χ1v) is 7.94. The molecule has 0 bridgehead atoms. The van der Waals surface area contributed by atoms with Crippen molar-refractivity contribution in [1.82, 2.24) is 4.90 Å². The van der Waals surface area contributed by atoms with Crippen LogP contribution in [0.25, 0.3) is 0 Å². The van der Waals surface area contributed by atoms with Gasteiger partial charge in [-0.2, -0.15) is 0 Å². The molecule has 1 saturated heterocycles. The van der Waals surface area contributed by atoms with Crippen molar-refractivity contribution in [2.45, 2.75) is 32.6 Å². The first kappa shape index (κ1) is 14.9. The van der Waals surface area contributed by atoms with Crippen molar-refractivity contribution in [3.63, 3.8) is 0 Å². The standard InChI is InChI=1S/C17H22N2O3/c1-11-4-7-14(15(20)9-11)18-16(21)13-3-2-8-19(10-13)17(22)12-5-6-12/h4,7,9,12-13,20H,2-3,5-6,8,10H2,1H3,(H,18,21)/t13-/m0/s1. The molecule has 2 aliphatic rings. The lowest BCUT2D eigenvalue weighted by Gasteiger charge is -2.32. The van der Waals surface area contributed by atoms with Crippen LogP contribution in [0.15, 0.2) is 18.2 Å². The molecule has 0 aromatic heterocycles. The van der Waals surface area contributed by atoms with Crippen LogP contribution in [0, 0.1) is 18.8 Å². The maximum atomic E-state index is 12.4. The fraction of sp³-hybridized carbons (Fsp3) is 0.529. The normalized spacial score (nSPS) is 21.5. The van der Waals surface area contributed by atoms with Gasteiger partial charge in [0, 0.05) is 19.0 Å². The number of phenolic OH excluding ortho intramolecular Hbond substituents is 1. The van der Waals surface area contributed by atoms with E-state index in [4.69, 9.17) is 0 Å². The van der Waals surface area contributed by atoms with E-state index in [1.54, 1.807) is 12.1 Å². The number of carbonyl (C=O) groups excluding carboxylic acids is 2. The zero-order valence-electron chi connectivity index (χ0n) is 12.8. The van der Waals surface area contributed by atoms with Gasteiger partial charge in [0.1, 0.15) is 5.75 Å². The van der Waals surface area contributed by atoms with Gasteiger partial charge in [-0.15, -0.1) is 0 Å². The summed E-state index contributed by atoms with van der Waals surface area (Å²) in [5.74, 6) is 0.165. The molecule has 5 heteroatoms. The number of phenols is 1. The highest BCUT2D eigenvalue weighted by Crippen LogP contribution is 2.33. The molecule has 0 unspecified atom stereocenters. The largest absolute Gasteiger partial charge is 0.506 e. The number of nitrogens with zero attached hydrogens (tertiary/aromatic N) is 1. The minimum atomic E-state index is -0.197. The molecular weight excluding hydrogens is 280 g/mol. The monoisotopic (exact) mass is 302 g/mol. The molecule has 1 aliphatic carbocycles. The summed E-state index contributed by atoms with van der Waals surface area (Å²) in [6, 6.07) is 5.18. The third kappa shape index (κ3) is 3.24. The van der Waals surface area contributed by atoms with Crippen LogP contribution in [0.5, 0.6) is 5.75 Å². The molecule has 1 aliphatic heterocycles. The summed E-state index contributed by atoms with van der Waals surface area (Å²) in [6.45, 7) is 3.14. The number of anilines is 1. The van der Waals surface area contributed by atoms with Crippen LogP contribution < -0.4 is 5.32 Å². The van der Waals surface area contributed by atoms with Crippen molar-refractivity contribution in [3.05, 3.63) is 23.8 Å². The Hall–Kier alpha value is -2.04. The van der Waals surface area contributed by atoms with E-state index in [1.165, 1.54) is 0 Å². The summed E-state index contributed by atoms with van der Waals surface area (Å²) in [6.07, 6.45) is 3.62. The molecule has 1 aromatic rings. The molecule has 3 rings (SSSR count). The first-order valence-electron chi connectivity index (χ1n) is 7.94. The van der Waals surface area contributed by atoms with Gasteiger partial charge in [-0.3, -0.25) is 9.59 Å². The predicted molar refractivity (Wildman–Crippen MR) is 83.5 cm³/mol. The topological polar surface area (TPSA) is 69.6 Å². The van der Waals surface area contributed by atoms with E-state index in [2.05, 4.69) is 5.32 Å². The Bertz CT molecular complexity index is 596. The number of piperidine rings is 1. The molecule has 118 valence electrons. The van der Waals surface area contributed by atoms with Gasteiger partial charge >= 0.3 is 0 Å². The van der Waals surface area contributed by atoms with Gasteiger partial charge < -0.3 is 15.3 Å². The van der Waals surface area contributed by atoms with Crippen LogP contribution in [0.3, 0.4) is 0 Å². The second-order valence-corrected chi connectivity index (χ2v) is 6.41. The molecule has 2 fully saturated rings. The maximum Gasteiger partial charge on any atom is 0.229 e. The lowest BCUT2D eigenvalue weighted by molar-refractivity contribution is -0.135. The van der Waals surface area contributed by atoms with Crippen molar-refractivity contribution >= 4 is 17.5 Å². The van der Waals surface area contributed by atoms with Crippen molar-refractivity contribution in [2.75, 3.05) is 18.4 Å². The number of aryl methyl sites for hydroxylation is 1. The SMILES string of the molecule is Cc1ccc(NC(=O)[C@H]2CCCN(C(=O)C3CC3)C2)c(O)c1. The van der Waals surface area contributed by atoms with Crippen LogP contribution in [0.4, 0.5) is 5.69 Å². The van der Waals surface area contributed by atoms with Crippen molar-refractivity contribution < 1.29 is 14.7 Å². The first-order chi connectivity index (χ1) is 10.5. The minimum absolute atomic E-state index is 0.0788. The van der Waals surface area contributed by atoms with Gasteiger partial charge in [0.05, 0.1) is 11.6 Å². The maximum absolute atomic E-state index is 12.4. The van der Waals surface area contributed by atoms with Crippen molar-refractivity contribution in [2.24, 2.45) is 11.8 Å². The zero-order chi connectivity index (χ0) is 15.7. The summed E-state index contributed by atoms with van der Waals surface area (Å²) < 4.78 is 0. The van der Waals surface area contributed by atoms with E-state index < -0.39 is 0 Å². The Balaban J connectivity index is 1.62. The van der Waals surface area contributed by atoms with E-state index in [1.807, 2.05) is 17.9 Å². The molecule has 0 radical (unpaired) electrons. The van der Waals surface area contributed by atoms with E-state index >= 15 is 0 Å². The molecular formula is C17H22N2O3. The van der Waals surface area contributed by atoms with E-state index in [-0.39, 0.29) is 29.4 Å². The zero-order valence-corrected chi connectivity index (χ0v) is 12.8. The number of hydrogen-bond donors (Lipinski definition) is 2. The molecule has 1 atom stereocenters. The average Bonchev–Trinajstić information content (AvgIpc) is 3.34. The summed E-state index contributed by atoms with van der Waals surface area (Å²) in [7, 11) is 0. The number of likely N-dealkylation sites (tertiary alicyclic amines) is 1.